The van der Waals surface area contributed by atoms with Gasteiger partial charge in [0.05, 0.1) is 0 Å². The Balaban J connectivity index is 1.20. The van der Waals surface area contributed by atoms with E-state index in [9.17, 15) is 14.7 Å². The summed E-state index contributed by atoms with van der Waals surface area (Å²) >= 11 is 7.05. The van der Waals surface area contributed by atoms with E-state index in [1.54, 1.807) is 21.9 Å². The highest BCUT2D eigenvalue weighted by Crippen LogP contribution is 2.45. The molecule has 216 valence electrons. The molecule has 3 fully saturated rings. The maximum Gasteiger partial charge on any atom is 0.254 e. The number of piperazine rings is 1. The molecule has 1 aromatic heterocycles. The topological polar surface area (TPSA) is 78.7 Å². The fraction of sp³-hybridized carbons (Fsp3) is 0.645. The Morgan fingerprint density at radius 2 is 1.45 bits per heavy atom. The minimum Gasteiger partial charge on any atom is -0.380 e. The van der Waals surface area contributed by atoms with Crippen molar-refractivity contribution in [1.29, 1.82) is 0 Å². The molecule has 3 heterocycles. The Hall–Kier alpha value is -2.45. The first kappa shape index (κ1) is 27.7. The number of halogens is 2. The van der Waals surface area contributed by atoms with Gasteiger partial charge in [0.1, 0.15) is 28.1 Å². The highest BCUT2D eigenvalue weighted by Gasteiger charge is 2.50. The zero-order valence-corrected chi connectivity index (χ0v) is 24.0. The standard InChI is InChI=1S/C31H40ClFN4O3/c32-27-26(34-25-9-8-14-30(37(25)27)12-6-4-2-1-3-5-7-13-30)23-11-10-22(21-24(23)33)28(38)35-17-19-36(20-18-35)29(39)31(40)15-16-31/h10-11,21,40H,1-9,12-20H2. The lowest BCUT2D eigenvalue weighted by atomic mass is 9.79. The van der Waals surface area contributed by atoms with Crippen molar-refractivity contribution in [3.63, 3.8) is 0 Å². The van der Waals surface area contributed by atoms with Gasteiger partial charge < -0.3 is 19.5 Å². The van der Waals surface area contributed by atoms with Gasteiger partial charge in [-0.3, -0.25) is 9.59 Å². The van der Waals surface area contributed by atoms with Gasteiger partial charge in [-0.05, 0) is 56.7 Å². The number of amides is 2. The van der Waals surface area contributed by atoms with Gasteiger partial charge in [0.25, 0.3) is 11.8 Å². The lowest BCUT2D eigenvalue weighted by molar-refractivity contribution is -0.143. The second-order valence-corrected chi connectivity index (χ2v) is 12.7. The molecular weight excluding hydrogens is 531 g/mol. The number of hydrogen-bond donors (Lipinski definition) is 1. The normalized spacial score (nSPS) is 22.6. The van der Waals surface area contributed by atoms with Crippen LogP contribution in [0.5, 0.6) is 0 Å². The minimum absolute atomic E-state index is 0.0433. The Labute approximate surface area is 240 Å². The average molecular weight is 571 g/mol. The van der Waals surface area contributed by atoms with E-state index in [-0.39, 0.29) is 22.9 Å². The van der Waals surface area contributed by atoms with E-state index >= 15 is 4.39 Å². The van der Waals surface area contributed by atoms with Crippen molar-refractivity contribution in [2.45, 2.75) is 101 Å². The van der Waals surface area contributed by atoms with E-state index in [4.69, 9.17) is 16.6 Å². The van der Waals surface area contributed by atoms with Gasteiger partial charge in [-0.1, -0.05) is 56.5 Å². The molecule has 1 spiro atoms. The number of fused-ring (bicyclic) bond motifs is 2. The Kier molecular flexibility index (Phi) is 7.68. The third-order valence-electron chi connectivity index (χ3n) is 9.64. The lowest BCUT2D eigenvalue weighted by Gasteiger charge is -2.41. The summed E-state index contributed by atoms with van der Waals surface area (Å²) < 4.78 is 17.8. The van der Waals surface area contributed by atoms with Crippen LogP contribution in [0.25, 0.3) is 11.3 Å². The maximum absolute atomic E-state index is 15.6. The summed E-state index contributed by atoms with van der Waals surface area (Å²) in [5.41, 5.74) is -0.181. The number of aryl methyl sites for hydroxylation is 1. The predicted molar refractivity (Wildman–Crippen MR) is 152 cm³/mol. The van der Waals surface area contributed by atoms with Crippen LogP contribution >= 0.6 is 11.6 Å². The number of aromatic nitrogens is 2. The first-order chi connectivity index (χ1) is 19.3. The molecule has 6 rings (SSSR count). The van der Waals surface area contributed by atoms with Gasteiger partial charge in [-0.2, -0.15) is 0 Å². The van der Waals surface area contributed by atoms with Crippen LogP contribution in [0.4, 0.5) is 4.39 Å². The van der Waals surface area contributed by atoms with Gasteiger partial charge in [0.2, 0.25) is 0 Å². The monoisotopic (exact) mass is 570 g/mol. The van der Waals surface area contributed by atoms with Crippen LogP contribution in [-0.2, 0) is 16.8 Å². The second kappa shape index (κ2) is 11.1. The Bertz CT molecular complexity index is 1270. The Morgan fingerprint density at radius 3 is 2.08 bits per heavy atom. The molecule has 0 unspecified atom stereocenters. The van der Waals surface area contributed by atoms with E-state index in [1.165, 1.54) is 51.0 Å². The molecule has 2 aliphatic heterocycles. The first-order valence-electron chi connectivity index (χ1n) is 15.2. The van der Waals surface area contributed by atoms with Crippen molar-refractivity contribution in [2.75, 3.05) is 26.2 Å². The van der Waals surface area contributed by atoms with Crippen LogP contribution in [0.2, 0.25) is 5.15 Å². The number of nitrogens with zero attached hydrogens (tertiary/aromatic N) is 4. The van der Waals surface area contributed by atoms with E-state index in [1.807, 2.05) is 0 Å². The number of carbonyl (C=O) groups excluding carboxylic acids is 2. The van der Waals surface area contributed by atoms with Crippen molar-refractivity contribution in [3.05, 3.63) is 40.6 Å². The molecule has 4 aliphatic rings. The largest absolute Gasteiger partial charge is 0.380 e. The number of carbonyl (C=O) groups is 2. The van der Waals surface area contributed by atoms with Gasteiger partial charge >= 0.3 is 0 Å². The summed E-state index contributed by atoms with van der Waals surface area (Å²) in [5, 5.41) is 10.6. The molecule has 0 bridgehead atoms. The maximum atomic E-state index is 15.6. The molecular formula is C31H40ClFN4O3. The number of hydrogen-bond acceptors (Lipinski definition) is 4. The fourth-order valence-corrected chi connectivity index (χ4v) is 7.53. The van der Waals surface area contributed by atoms with Crippen molar-refractivity contribution in [2.24, 2.45) is 0 Å². The number of aliphatic hydroxyl groups is 1. The predicted octanol–water partition coefficient (Wildman–Crippen LogP) is 5.71. The van der Waals surface area contributed by atoms with Gasteiger partial charge in [0.15, 0.2) is 0 Å². The summed E-state index contributed by atoms with van der Waals surface area (Å²) in [7, 11) is 0. The van der Waals surface area contributed by atoms with Crippen LogP contribution in [-0.4, -0.2) is 68.1 Å². The molecule has 2 aromatic rings. The van der Waals surface area contributed by atoms with Crippen molar-refractivity contribution < 1.29 is 19.1 Å². The number of benzene rings is 1. The second-order valence-electron chi connectivity index (χ2n) is 12.4. The van der Waals surface area contributed by atoms with Crippen molar-refractivity contribution >= 4 is 23.4 Å². The van der Waals surface area contributed by atoms with Crippen molar-refractivity contribution in [3.8, 4) is 11.3 Å². The number of imidazole rings is 1. The molecule has 9 heteroatoms. The zero-order valence-electron chi connectivity index (χ0n) is 23.3. The third-order valence-corrected chi connectivity index (χ3v) is 9.99. The fourth-order valence-electron chi connectivity index (χ4n) is 7.11. The molecule has 2 saturated carbocycles. The quantitative estimate of drug-likeness (QED) is 0.513. The molecule has 2 aliphatic carbocycles. The highest BCUT2D eigenvalue weighted by molar-refractivity contribution is 6.32. The van der Waals surface area contributed by atoms with Crippen LogP contribution in [0.15, 0.2) is 18.2 Å². The van der Waals surface area contributed by atoms with Crippen LogP contribution < -0.4 is 0 Å². The molecule has 1 N–H and O–H groups in total. The van der Waals surface area contributed by atoms with E-state index in [0.29, 0.717) is 55.4 Å². The molecule has 40 heavy (non-hydrogen) atoms. The van der Waals surface area contributed by atoms with Crippen LogP contribution in [0, 0.1) is 5.82 Å². The third kappa shape index (κ3) is 5.18. The lowest BCUT2D eigenvalue weighted by Crippen LogP contribution is -2.53. The SMILES string of the molecule is O=C(c1ccc(-c2nc3n(c2Cl)C2(CCCCCCCCC2)CCC3)c(F)c1)N1CCN(C(=O)C2(O)CC2)CC1. The average Bonchev–Trinajstić information content (AvgIpc) is 3.63. The number of rotatable bonds is 3. The molecule has 0 atom stereocenters. The van der Waals surface area contributed by atoms with Gasteiger partial charge in [-0.25, -0.2) is 9.37 Å². The van der Waals surface area contributed by atoms with E-state index in [2.05, 4.69) is 4.57 Å². The Morgan fingerprint density at radius 1 is 0.850 bits per heavy atom. The summed E-state index contributed by atoms with van der Waals surface area (Å²) in [5.74, 6) is -0.0700. The summed E-state index contributed by atoms with van der Waals surface area (Å²) in [4.78, 5) is 33.7. The van der Waals surface area contributed by atoms with E-state index < -0.39 is 11.4 Å². The molecule has 1 aromatic carbocycles. The first-order valence-corrected chi connectivity index (χ1v) is 15.6. The molecule has 0 radical (unpaired) electrons. The summed E-state index contributed by atoms with van der Waals surface area (Å²) in [6.45, 7) is 1.44. The van der Waals surface area contributed by atoms with Gasteiger partial charge in [0, 0.05) is 49.3 Å². The molecule has 7 nitrogen and oxygen atoms in total. The van der Waals surface area contributed by atoms with E-state index in [0.717, 1.165) is 37.9 Å². The summed E-state index contributed by atoms with van der Waals surface area (Å²) in [6.07, 6.45) is 14.9. The highest BCUT2D eigenvalue weighted by atomic mass is 35.5. The minimum atomic E-state index is -1.20. The molecule has 1 saturated heterocycles. The smallest absolute Gasteiger partial charge is 0.254 e. The van der Waals surface area contributed by atoms with Crippen molar-refractivity contribution in [1.82, 2.24) is 19.4 Å². The molecule has 2 amide bonds. The zero-order chi connectivity index (χ0) is 27.9. The van der Waals surface area contributed by atoms with Gasteiger partial charge in [-0.15, -0.1) is 0 Å². The van der Waals surface area contributed by atoms with Crippen LogP contribution in [0.1, 0.15) is 99.7 Å². The summed E-state index contributed by atoms with van der Waals surface area (Å²) in [6, 6.07) is 4.57. The van der Waals surface area contributed by atoms with Crippen LogP contribution in [0.3, 0.4) is 0 Å².